The minimum absolute atomic E-state index is 0.0614. The molecule has 0 unspecified atom stereocenters. The highest BCUT2D eigenvalue weighted by Crippen LogP contribution is 2.33. The maximum absolute atomic E-state index is 13.2. The second kappa shape index (κ2) is 7.27. The number of aryl methyl sites for hydroxylation is 2. The van der Waals surface area contributed by atoms with E-state index in [-0.39, 0.29) is 35.6 Å². The Labute approximate surface area is 184 Å². The predicted octanol–water partition coefficient (Wildman–Crippen LogP) is 1.28. The van der Waals surface area contributed by atoms with Crippen LogP contribution in [0.3, 0.4) is 0 Å². The number of H-pyrrole nitrogens is 1. The van der Waals surface area contributed by atoms with Crippen molar-refractivity contribution in [2.75, 3.05) is 17.2 Å². The van der Waals surface area contributed by atoms with E-state index in [1.807, 2.05) is 56.3 Å². The van der Waals surface area contributed by atoms with Crippen LogP contribution >= 0.6 is 0 Å². The summed E-state index contributed by atoms with van der Waals surface area (Å²) in [6.07, 6.45) is 0. The van der Waals surface area contributed by atoms with Crippen molar-refractivity contribution in [3.8, 4) is 22.4 Å². The van der Waals surface area contributed by atoms with Crippen molar-refractivity contribution in [3.05, 3.63) is 64.3 Å². The average molecular weight is 452 g/mol. The summed E-state index contributed by atoms with van der Waals surface area (Å²) in [6, 6.07) is 13.5. The number of hydrogen-bond donors (Lipinski definition) is 2. The van der Waals surface area contributed by atoms with Gasteiger partial charge in [-0.25, -0.2) is 18.3 Å². The first-order valence-corrected chi connectivity index (χ1v) is 12.1. The van der Waals surface area contributed by atoms with E-state index >= 15 is 0 Å². The molecule has 32 heavy (non-hydrogen) atoms. The van der Waals surface area contributed by atoms with Gasteiger partial charge in [0.2, 0.25) is 5.65 Å². The standard InChI is InChI=1S/C22H22N6O3S/c1-13-8-17(9-14(2)24-13)18-19(16-6-4-3-5-7-16)25-21(23)28-20(18)26-27(22(28)29)10-15-11-32(30,31)12-15/h3-9,15H,10-12H2,1-2H3,(H2,23,24,25,26)/p+1. The van der Waals surface area contributed by atoms with E-state index in [2.05, 4.69) is 15.1 Å². The molecule has 0 amide bonds. The van der Waals surface area contributed by atoms with Gasteiger partial charge in [0, 0.05) is 22.9 Å². The summed E-state index contributed by atoms with van der Waals surface area (Å²) >= 11 is 0. The summed E-state index contributed by atoms with van der Waals surface area (Å²) < 4.78 is 25.9. The van der Waals surface area contributed by atoms with Gasteiger partial charge in [-0.3, -0.25) is 4.98 Å². The number of aromatic nitrogens is 5. The number of pyridine rings is 1. The first kappa shape index (κ1) is 20.4. The maximum atomic E-state index is 13.2. The van der Waals surface area contributed by atoms with E-state index in [1.165, 1.54) is 9.08 Å². The van der Waals surface area contributed by atoms with Gasteiger partial charge in [0.1, 0.15) is 5.69 Å². The van der Waals surface area contributed by atoms with Crippen LogP contribution in [0.25, 0.3) is 28.0 Å². The monoisotopic (exact) mass is 451 g/mol. The molecular formula is C22H23N6O3S+. The van der Waals surface area contributed by atoms with Crippen LogP contribution in [0.15, 0.2) is 47.3 Å². The quantitative estimate of drug-likeness (QED) is 0.450. The molecule has 1 aliphatic heterocycles. The molecule has 3 N–H and O–H groups in total. The van der Waals surface area contributed by atoms with Gasteiger partial charge >= 0.3 is 11.6 Å². The number of nitrogens with two attached hydrogens (primary N) is 1. The van der Waals surface area contributed by atoms with Gasteiger partial charge in [-0.1, -0.05) is 30.3 Å². The van der Waals surface area contributed by atoms with Crippen molar-refractivity contribution < 1.29 is 12.8 Å². The molecule has 4 heterocycles. The second-order valence-electron chi connectivity index (χ2n) is 8.33. The average Bonchev–Trinajstić information content (AvgIpc) is 3.03. The highest BCUT2D eigenvalue weighted by Gasteiger charge is 2.36. The molecule has 0 atom stereocenters. The Bertz CT molecular complexity index is 1490. The van der Waals surface area contributed by atoms with Gasteiger partial charge in [-0.2, -0.15) is 4.68 Å². The molecule has 1 aromatic carbocycles. The Hall–Kier alpha value is -3.53. The van der Waals surface area contributed by atoms with Crippen LogP contribution in [0.2, 0.25) is 0 Å². The third-order valence-corrected chi connectivity index (χ3v) is 7.61. The van der Waals surface area contributed by atoms with Crippen molar-refractivity contribution in [2.45, 2.75) is 20.4 Å². The Morgan fingerprint density at radius 3 is 2.38 bits per heavy atom. The van der Waals surface area contributed by atoms with E-state index in [4.69, 9.17) is 5.73 Å². The van der Waals surface area contributed by atoms with Gasteiger partial charge < -0.3 is 5.73 Å². The van der Waals surface area contributed by atoms with E-state index in [0.717, 1.165) is 28.1 Å². The number of nitrogen functional groups attached to an aromatic ring is 1. The normalized spacial score (nSPS) is 15.7. The Kier molecular flexibility index (Phi) is 4.63. The molecule has 1 fully saturated rings. The zero-order chi connectivity index (χ0) is 22.6. The fourth-order valence-corrected chi connectivity index (χ4v) is 5.92. The van der Waals surface area contributed by atoms with Gasteiger partial charge in [0.05, 0.1) is 23.6 Å². The van der Waals surface area contributed by atoms with E-state index in [0.29, 0.717) is 11.3 Å². The topological polar surface area (TPSA) is 128 Å². The van der Waals surface area contributed by atoms with Crippen LogP contribution in [0.1, 0.15) is 11.4 Å². The SMILES string of the molecule is Cc1cc(-c2c(-c3ccccc3)nc(N)[n+]3c(=O)n(CC4CS(=O)(=O)C4)[nH]c23)cc(C)n1. The first-order valence-electron chi connectivity index (χ1n) is 10.3. The van der Waals surface area contributed by atoms with Crippen LogP contribution in [0.5, 0.6) is 0 Å². The molecule has 3 aromatic heterocycles. The smallest absolute Gasteiger partial charge is 0.319 e. The molecule has 0 aliphatic carbocycles. The summed E-state index contributed by atoms with van der Waals surface area (Å²) in [5.74, 6) is 0.116. The molecule has 5 rings (SSSR count). The Morgan fingerprint density at radius 1 is 1.09 bits per heavy atom. The first-order chi connectivity index (χ1) is 15.2. The lowest BCUT2D eigenvalue weighted by Crippen LogP contribution is -2.47. The fourth-order valence-electron chi connectivity index (χ4n) is 4.37. The third kappa shape index (κ3) is 3.46. The van der Waals surface area contributed by atoms with Gasteiger partial charge in [-0.15, -0.1) is 9.38 Å². The number of hydrogen-bond acceptors (Lipinski definition) is 6. The summed E-state index contributed by atoms with van der Waals surface area (Å²) in [5.41, 5.74) is 11.2. The van der Waals surface area contributed by atoms with Crippen LogP contribution in [-0.4, -0.2) is 39.7 Å². The molecule has 0 bridgehead atoms. The predicted molar refractivity (Wildman–Crippen MR) is 121 cm³/mol. The maximum Gasteiger partial charge on any atom is 0.428 e. The molecule has 1 aliphatic rings. The largest absolute Gasteiger partial charge is 0.428 e. The lowest BCUT2D eigenvalue weighted by atomic mass is 9.99. The molecule has 0 radical (unpaired) electrons. The summed E-state index contributed by atoms with van der Waals surface area (Å²) in [4.78, 5) is 22.2. The van der Waals surface area contributed by atoms with Crippen LogP contribution in [0.4, 0.5) is 5.95 Å². The molecule has 164 valence electrons. The Morgan fingerprint density at radius 2 is 1.75 bits per heavy atom. The number of fused-ring (bicyclic) bond motifs is 1. The van der Waals surface area contributed by atoms with Crippen molar-refractivity contribution in [3.63, 3.8) is 0 Å². The lowest BCUT2D eigenvalue weighted by Gasteiger charge is -2.23. The van der Waals surface area contributed by atoms with Crippen molar-refractivity contribution in [2.24, 2.45) is 5.92 Å². The van der Waals surface area contributed by atoms with Crippen LogP contribution in [0, 0.1) is 19.8 Å². The van der Waals surface area contributed by atoms with Crippen molar-refractivity contribution >= 4 is 21.4 Å². The number of aromatic amines is 1. The number of benzene rings is 1. The molecule has 0 spiro atoms. The number of nitrogens with one attached hydrogen (secondary N) is 1. The van der Waals surface area contributed by atoms with Gasteiger partial charge in [0.15, 0.2) is 9.84 Å². The lowest BCUT2D eigenvalue weighted by molar-refractivity contribution is -0.516. The zero-order valence-corrected chi connectivity index (χ0v) is 18.6. The molecule has 9 nitrogen and oxygen atoms in total. The molecular weight excluding hydrogens is 428 g/mol. The number of anilines is 1. The van der Waals surface area contributed by atoms with Crippen molar-refractivity contribution in [1.29, 1.82) is 0 Å². The minimum atomic E-state index is -2.99. The number of nitrogens with zero attached hydrogens (tertiary/aromatic N) is 4. The summed E-state index contributed by atoms with van der Waals surface area (Å²) in [6.45, 7) is 4.10. The van der Waals surface area contributed by atoms with Crippen LogP contribution < -0.4 is 15.8 Å². The van der Waals surface area contributed by atoms with Gasteiger partial charge in [0.25, 0.3) is 0 Å². The third-order valence-electron chi connectivity index (χ3n) is 5.65. The number of rotatable bonds is 4. The fraction of sp³-hybridized carbons (Fsp3) is 0.273. The summed E-state index contributed by atoms with van der Waals surface area (Å²) in [7, 11) is -2.99. The summed E-state index contributed by atoms with van der Waals surface area (Å²) in [5, 5.41) is 3.18. The molecule has 0 saturated carbocycles. The highest BCUT2D eigenvalue weighted by atomic mass is 32.2. The van der Waals surface area contributed by atoms with Gasteiger partial charge in [-0.05, 0) is 31.5 Å². The van der Waals surface area contributed by atoms with Crippen LogP contribution in [-0.2, 0) is 16.4 Å². The van der Waals surface area contributed by atoms with Crippen molar-refractivity contribution in [1.82, 2.24) is 19.7 Å². The molecule has 10 heteroatoms. The highest BCUT2D eigenvalue weighted by molar-refractivity contribution is 7.92. The molecule has 4 aromatic rings. The molecule has 1 saturated heterocycles. The minimum Gasteiger partial charge on any atom is -0.319 e. The van der Waals surface area contributed by atoms with E-state index < -0.39 is 9.84 Å². The van der Waals surface area contributed by atoms with E-state index in [9.17, 15) is 13.2 Å². The second-order valence-corrected chi connectivity index (χ2v) is 10.5. The van der Waals surface area contributed by atoms with E-state index in [1.54, 1.807) is 0 Å². The number of sulfone groups is 1. The Balaban J connectivity index is 1.78. The zero-order valence-electron chi connectivity index (χ0n) is 17.7.